The zero-order chi connectivity index (χ0) is 21.0. The molecule has 1 heterocycles. The Morgan fingerprint density at radius 2 is 1.46 bits per heavy atom. The summed E-state index contributed by atoms with van der Waals surface area (Å²) in [6.45, 7) is 8.40. The molecule has 0 saturated carbocycles. The first-order valence-corrected chi connectivity index (χ1v) is 11.6. The lowest BCUT2D eigenvalue weighted by Crippen LogP contribution is -2.47. The van der Waals surface area contributed by atoms with Crippen LogP contribution in [0, 0.1) is 5.41 Å². The molecule has 1 rings (SSSR count). The third-order valence-corrected chi connectivity index (χ3v) is 5.60. The molecule has 5 heteroatoms. The van der Waals surface area contributed by atoms with Crippen LogP contribution in [0.1, 0.15) is 111 Å². The van der Waals surface area contributed by atoms with Crippen molar-refractivity contribution in [2.24, 2.45) is 5.41 Å². The summed E-state index contributed by atoms with van der Waals surface area (Å²) < 4.78 is 5.66. The molecular weight excluding hydrogens is 354 g/mol. The average molecular weight is 400 g/mol. The Morgan fingerprint density at radius 1 is 0.964 bits per heavy atom. The third kappa shape index (κ3) is 11.9. The maximum Gasteiger partial charge on any atom is 0.404 e. The van der Waals surface area contributed by atoms with Gasteiger partial charge >= 0.3 is 6.09 Å². The Balaban J connectivity index is 2.09. The molecule has 166 valence electrons. The largest absolute Gasteiger partial charge is 0.465 e. The van der Waals surface area contributed by atoms with Gasteiger partial charge in [0, 0.05) is 0 Å². The molecule has 28 heavy (non-hydrogen) atoms. The molecule has 1 amide bonds. The number of epoxide rings is 1. The molecule has 1 saturated heterocycles. The van der Waals surface area contributed by atoms with Crippen LogP contribution in [-0.4, -0.2) is 40.7 Å². The second-order valence-corrected chi connectivity index (χ2v) is 9.77. The van der Waals surface area contributed by atoms with Gasteiger partial charge in [0.15, 0.2) is 0 Å². The lowest BCUT2D eigenvalue weighted by molar-refractivity contribution is 0.0749. The number of hydrogen-bond donors (Lipinski definition) is 3. The summed E-state index contributed by atoms with van der Waals surface area (Å²) in [5.74, 6) is 0. The number of rotatable bonds is 16. The molecule has 0 unspecified atom stereocenters. The van der Waals surface area contributed by atoms with Crippen LogP contribution in [0.3, 0.4) is 0 Å². The van der Waals surface area contributed by atoms with Gasteiger partial charge in [0.05, 0.1) is 12.1 Å². The average Bonchev–Trinajstić information content (AvgIpc) is 3.36. The van der Waals surface area contributed by atoms with Crippen LogP contribution >= 0.6 is 0 Å². The normalized spacial score (nSPS) is 21.3. The van der Waals surface area contributed by atoms with E-state index in [9.17, 15) is 9.90 Å². The zero-order valence-corrected chi connectivity index (χ0v) is 18.7. The van der Waals surface area contributed by atoms with Gasteiger partial charge < -0.3 is 20.3 Å². The molecule has 0 aliphatic carbocycles. The summed E-state index contributed by atoms with van der Waals surface area (Å²) in [5, 5.41) is 22.1. The van der Waals surface area contributed by atoms with E-state index >= 15 is 0 Å². The summed E-state index contributed by atoms with van der Waals surface area (Å²) in [4.78, 5) is 11.0. The molecule has 1 aliphatic heterocycles. The van der Waals surface area contributed by atoms with Crippen LogP contribution in [0.2, 0.25) is 0 Å². The Labute approximate surface area is 172 Å². The summed E-state index contributed by atoms with van der Waals surface area (Å²) in [6.07, 6.45) is 14.1. The highest BCUT2D eigenvalue weighted by Gasteiger charge is 2.47. The molecule has 4 atom stereocenters. The molecule has 0 spiro atoms. The summed E-state index contributed by atoms with van der Waals surface area (Å²) in [7, 11) is 0. The van der Waals surface area contributed by atoms with Gasteiger partial charge in [0.2, 0.25) is 0 Å². The number of aliphatic hydroxyl groups is 1. The lowest BCUT2D eigenvalue weighted by Gasteiger charge is -2.28. The number of ether oxygens (including phenoxy) is 1. The number of nitrogens with one attached hydrogen (secondary N) is 1. The van der Waals surface area contributed by atoms with E-state index in [0.29, 0.717) is 6.42 Å². The first kappa shape index (κ1) is 25.2. The fourth-order valence-electron chi connectivity index (χ4n) is 4.00. The molecule has 0 aromatic carbocycles. The van der Waals surface area contributed by atoms with Crippen molar-refractivity contribution in [3.63, 3.8) is 0 Å². The van der Waals surface area contributed by atoms with Crippen molar-refractivity contribution in [2.45, 2.75) is 136 Å². The summed E-state index contributed by atoms with van der Waals surface area (Å²) in [5.41, 5.74) is -0.0610. The fourth-order valence-corrected chi connectivity index (χ4v) is 4.00. The fraction of sp³-hybridized carbons (Fsp3) is 0.957. The van der Waals surface area contributed by atoms with E-state index < -0.39 is 18.2 Å². The SMILES string of the molecule is CCCCCCCCCCCCC[C@@H]1O[C@H]1[C@H](O)[C@H](CC(C)(C)C)NC(=O)O. The number of unbranched alkanes of at least 4 members (excludes halogenated alkanes) is 10. The van der Waals surface area contributed by atoms with Crippen molar-refractivity contribution < 1.29 is 19.7 Å². The summed E-state index contributed by atoms with van der Waals surface area (Å²) in [6, 6.07) is -0.482. The monoisotopic (exact) mass is 399 g/mol. The molecule has 1 fully saturated rings. The quantitative estimate of drug-likeness (QED) is 0.223. The topological polar surface area (TPSA) is 82.1 Å². The van der Waals surface area contributed by atoms with E-state index in [4.69, 9.17) is 9.84 Å². The summed E-state index contributed by atoms with van der Waals surface area (Å²) >= 11 is 0. The maximum absolute atomic E-state index is 11.0. The van der Waals surface area contributed by atoms with Crippen LogP contribution in [0.15, 0.2) is 0 Å². The molecule has 0 aromatic heterocycles. The highest BCUT2D eigenvalue weighted by atomic mass is 16.6. The second-order valence-electron chi connectivity index (χ2n) is 9.77. The Morgan fingerprint density at radius 3 is 1.93 bits per heavy atom. The van der Waals surface area contributed by atoms with Gasteiger partial charge in [-0.25, -0.2) is 4.79 Å². The van der Waals surface area contributed by atoms with Crippen LogP contribution in [0.25, 0.3) is 0 Å². The number of hydrogen-bond acceptors (Lipinski definition) is 3. The Hall–Kier alpha value is -0.810. The van der Waals surface area contributed by atoms with E-state index in [1.165, 1.54) is 64.2 Å². The number of carbonyl (C=O) groups is 1. The minimum absolute atomic E-state index is 0.0610. The predicted molar refractivity (Wildman–Crippen MR) is 115 cm³/mol. The molecule has 0 radical (unpaired) electrons. The molecule has 3 N–H and O–H groups in total. The predicted octanol–water partition coefficient (Wildman–Crippen LogP) is 5.89. The van der Waals surface area contributed by atoms with E-state index in [1.54, 1.807) is 0 Å². The molecule has 5 nitrogen and oxygen atoms in total. The van der Waals surface area contributed by atoms with Gasteiger partial charge in [-0.05, 0) is 18.3 Å². The van der Waals surface area contributed by atoms with Crippen molar-refractivity contribution in [1.82, 2.24) is 5.32 Å². The first-order valence-electron chi connectivity index (χ1n) is 11.6. The van der Waals surface area contributed by atoms with Gasteiger partial charge in [-0.15, -0.1) is 0 Å². The molecule has 0 aromatic rings. The van der Waals surface area contributed by atoms with Gasteiger partial charge in [-0.2, -0.15) is 0 Å². The smallest absolute Gasteiger partial charge is 0.404 e. The minimum atomic E-state index is -1.09. The lowest BCUT2D eigenvalue weighted by atomic mass is 9.85. The Bertz CT molecular complexity index is 421. The number of aliphatic hydroxyl groups excluding tert-OH is 1. The van der Waals surface area contributed by atoms with Gasteiger partial charge in [0.25, 0.3) is 0 Å². The standard InChI is InChI=1S/C23H45NO4/c1-5-6-7-8-9-10-11-12-13-14-15-16-19-21(28-19)20(25)18(24-22(26)27)17-23(2,3)4/h18-21,24-25H,5-17H2,1-4H3,(H,26,27)/t18-,19-,20+,21+/m0/s1. The molecule has 1 aliphatic rings. The van der Waals surface area contributed by atoms with Crippen molar-refractivity contribution in [3.05, 3.63) is 0 Å². The third-order valence-electron chi connectivity index (χ3n) is 5.60. The van der Waals surface area contributed by atoms with Crippen molar-refractivity contribution in [3.8, 4) is 0 Å². The van der Waals surface area contributed by atoms with E-state index in [-0.39, 0.29) is 17.6 Å². The van der Waals surface area contributed by atoms with Gasteiger partial charge in [-0.3, -0.25) is 0 Å². The van der Waals surface area contributed by atoms with Gasteiger partial charge in [0.1, 0.15) is 12.2 Å². The van der Waals surface area contributed by atoms with Gasteiger partial charge in [-0.1, -0.05) is 98.3 Å². The van der Waals surface area contributed by atoms with Crippen molar-refractivity contribution in [1.29, 1.82) is 0 Å². The first-order chi connectivity index (χ1) is 13.2. The highest BCUT2D eigenvalue weighted by molar-refractivity contribution is 5.65. The van der Waals surface area contributed by atoms with Crippen LogP contribution in [0.4, 0.5) is 4.79 Å². The van der Waals surface area contributed by atoms with E-state index in [0.717, 1.165) is 12.8 Å². The Kier molecular flexibility index (Phi) is 12.1. The highest BCUT2D eigenvalue weighted by Crippen LogP contribution is 2.34. The number of amides is 1. The zero-order valence-electron chi connectivity index (χ0n) is 18.7. The van der Waals surface area contributed by atoms with Crippen LogP contribution in [0.5, 0.6) is 0 Å². The van der Waals surface area contributed by atoms with Crippen molar-refractivity contribution >= 4 is 6.09 Å². The van der Waals surface area contributed by atoms with E-state index in [2.05, 4.69) is 12.2 Å². The van der Waals surface area contributed by atoms with Crippen LogP contribution < -0.4 is 5.32 Å². The van der Waals surface area contributed by atoms with Crippen molar-refractivity contribution in [2.75, 3.05) is 0 Å². The number of carboxylic acid groups (broad SMARTS) is 1. The maximum atomic E-state index is 11.0. The van der Waals surface area contributed by atoms with E-state index in [1.807, 2.05) is 20.8 Å². The molecular formula is C23H45NO4. The van der Waals surface area contributed by atoms with Crippen LogP contribution in [-0.2, 0) is 4.74 Å². The molecule has 0 bridgehead atoms. The second kappa shape index (κ2) is 13.4. The minimum Gasteiger partial charge on any atom is -0.465 e.